The van der Waals surface area contributed by atoms with Gasteiger partial charge in [-0.1, -0.05) is 37.3 Å². The SMILES string of the molecule is CCc1ccccc1NC(=O)CN(C)C(=O)c1cn(-c2ccc(F)cc2)nc1-c1cccc(OC)c1. The number of carbonyl (C=O) groups is 2. The van der Waals surface area contributed by atoms with Gasteiger partial charge in [0, 0.05) is 24.5 Å². The van der Waals surface area contributed by atoms with Crippen LogP contribution in [0.3, 0.4) is 0 Å². The summed E-state index contributed by atoms with van der Waals surface area (Å²) in [4.78, 5) is 27.6. The van der Waals surface area contributed by atoms with Crippen LogP contribution in [0, 0.1) is 5.82 Å². The molecular formula is C28H27FN4O3. The molecule has 1 N–H and O–H groups in total. The number of likely N-dealkylation sites (N-methyl/N-ethyl adjacent to an activating group) is 1. The fourth-order valence-electron chi connectivity index (χ4n) is 3.87. The zero-order chi connectivity index (χ0) is 25.7. The Labute approximate surface area is 209 Å². The Bertz CT molecular complexity index is 1380. The number of ether oxygens (including phenoxy) is 1. The van der Waals surface area contributed by atoms with Gasteiger partial charge in [-0.2, -0.15) is 5.10 Å². The number of carbonyl (C=O) groups excluding carboxylic acids is 2. The van der Waals surface area contributed by atoms with Crippen molar-refractivity contribution in [2.45, 2.75) is 13.3 Å². The minimum absolute atomic E-state index is 0.143. The van der Waals surface area contributed by atoms with Gasteiger partial charge in [0.15, 0.2) is 0 Å². The lowest BCUT2D eigenvalue weighted by Crippen LogP contribution is -2.35. The Kier molecular flexibility index (Phi) is 7.44. The van der Waals surface area contributed by atoms with Crippen LogP contribution in [-0.4, -0.2) is 47.2 Å². The van der Waals surface area contributed by atoms with Crippen LogP contribution in [0.15, 0.2) is 79.0 Å². The molecule has 2 amide bonds. The molecule has 0 saturated heterocycles. The van der Waals surface area contributed by atoms with Gasteiger partial charge in [-0.3, -0.25) is 9.59 Å². The van der Waals surface area contributed by atoms with Gasteiger partial charge in [0.05, 0.1) is 24.9 Å². The number of amides is 2. The largest absolute Gasteiger partial charge is 0.497 e. The third kappa shape index (κ3) is 5.43. The molecule has 0 aliphatic carbocycles. The molecule has 0 saturated carbocycles. The first kappa shape index (κ1) is 24.7. The zero-order valence-electron chi connectivity index (χ0n) is 20.4. The molecule has 0 bridgehead atoms. The minimum atomic E-state index is -0.375. The number of methoxy groups -OCH3 is 1. The first-order chi connectivity index (χ1) is 17.4. The summed E-state index contributed by atoms with van der Waals surface area (Å²) in [7, 11) is 3.13. The van der Waals surface area contributed by atoms with E-state index in [2.05, 4.69) is 10.4 Å². The Morgan fingerprint density at radius 1 is 1.06 bits per heavy atom. The van der Waals surface area contributed by atoms with Crippen molar-refractivity contribution < 1.29 is 18.7 Å². The third-order valence-electron chi connectivity index (χ3n) is 5.78. The molecule has 36 heavy (non-hydrogen) atoms. The molecule has 0 fully saturated rings. The minimum Gasteiger partial charge on any atom is -0.497 e. The molecule has 0 radical (unpaired) electrons. The molecule has 0 atom stereocenters. The smallest absolute Gasteiger partial charge is 0.257 e. The molecule has 0 aliphatic rings. The number of hydrogen-bond donors (Lipinski definition) is 1. The second-order valence-electron chi connectivity index (χ2n) is 8.26. The molecule has 0 unspecified atom stereocenters. The summed E-state index contributed by atoms with van der Waals surface area (Å²) in [6, 6.07) is 20.6. The van der Waals surface area contributed by atoms with E-state index in [4.69, 9.17) is 4.74 Å². The van der Waals surface area contributed by atoms with Crippen molar-refractivity contribution >= 4 is 17.5 Å². The van der Waals surface area contributed by atoms with Gasteiger partial charge < -0.3 is 15.0 Å². The van der Waals surface area contributed by atoms with Crippen LogP contribution in [0.2, 0.25) is 0 Å². The van der Waals surface area contributed by atoms with Crippen LogP contribution in [0.1, 0.15) is 22.8 Å². The summed E-state index contributed by atoms with van der Waals surface area (Å²) in [5, 5.41) is 7.51. The second kappa shape index (κ2) is 10.9. The average molecular weight is 487 g/mol. The lowest BCUT2D eigenvalue weighted by molar-refractivity contribution is -0.116. The summed E-state index contributed by atoms with van der Waals surface area (Å²) >= 11 is 0. The monoisotopic (exact) mass is 486 g/mol. The fourth-order valence-corrected chi connectivity index (χ4v) is 3.87. The summed E-state index contributed by atoms with van der Waals surface area (Å²) in [5.74, 6) is -0.434. The van der Waals surface area contributed by atoms with Crippen LogP contribution in [0.5, 0.6) is 5.75 Å². The summed E-state index contributed by atoms with van der Waals surface area (Å²) in [6.45, 7) is 1.87. The van der Waals surface area contributed by atoms with Crippen molar-refractivity contribution in [2.24, 2.45) is 0 Å². The normalized spacial score (nSPS) is 10.7. The van der Waals surface area contributed by atoms with Crippen LogP contribution in [0.4, 0.5) is 10.1 Å². The van der Waals surface area contributed by atoms with Gasteiger partial charge in [-0.25, -0.2) is 9.07 Å². The lowest BCUT2D eigenvalue weighted by Gasteiger charge is -2.17. The lowest BCUT2D eigenvalue weighted by atomic mass is 10.1. The van der Waals surface area contributed by atoms with E-state index in [1.54, 1.807) is 44.6 Å². The summed E-state index contributed by atoms with van der Waals surface area (Å²) in [5.41, 5.74) is 3.74. The van der Waals surface area contributed by atoms with E-state index in [0.717, 1.165) is 17.7 Å². The van der Waals surface area contributed by atoms with Gasteiger partial charge in [0.1, 0.15) is 17.3 Å². The predicted molar refractivity (Wildman–Crippen MR) is 137 cm³/mol. The molecule has 0 aliphatic heterocycles. The highest BCUT2D eigenvalue weighted by Gasteiger charge is 2.23. The van der Waals surface area contributed by atoms with Gasteiger partial charge in [-0.05, 0) is 54.4 Å². The van der Waals surface area contributed by atoms with E-state index in [1.807, 2.05) is 43.3 Å². The number of para-hydroxylation sites is 1. The van der Waals surface area contributed by atoms with E-state index < -0.39 is 0 Å². The Morgan fingerprint density at radius 3 is 2.53 bits per heavy atom. The van der Waals surface area contributed by atoms with E-state index >= 15 is 0 Å². The molecule has 4 rings (SSSR count). The number of aryl methyl sites for hydroxylation is 1. The van der Waals surface area contributed by atoms with Gasteiger partial charge in [-0.15, -0.1) is 0 Å². The summed E-state index contributed by atoms with van der Waals surface area (Å²) in [6.07, 6.45) is 2.36. The maximum Gasteiger partial charge on any atom is 0.257 e. The predicted octanol–water partition coefficient (Wildman–Crippen LogP) is 4.96. The van der Waals surface area contributed by atoms with Crippen molar-refractivity contribution in [1.82, 2.24) is 14.7 Å². The molecular weight excluding hydrogens is 459 g/mol. The molecule has 184 valence electrons. The number of rotatable bonds is 8. The Morgan fingerprint density at radius 2 is 1.81 bits per heavy atom. The van der Waals surface area contributed by atoms with Crippen molar-refractivity contribution in [3.63, 3.8) is 0 Å². The van der Waals surface area contributed by atoms with Crippen molar-refractivity contribution in [3.05, 3.63) is 95.9 Å². The molecule has 1 heterocycles. The maximum absolute atomic E-state index is 13.5. The quantitative estimate of drug-likeness (QED) is 0.382. The van der Waals surface area contributed by atoms with E-state index in [9.17, 15) is 14.0 Å². The van der Waals surface area contributed by atoms with E-state index in [-0.39, 0.29) is 24.2 Å². The van der Waals surface area contributed by atoms with E-state index in [0.29, 0.717) is 28.3 Å². The van der Waals surface area contributed by atoms with Crippen LogP contribution in [0.25, 0.3) is 16.9 Å². The Balaban J connectivity index is 1.63. The van der Waals surface area contributed by atoms with Crippen molar-refractivity contribution in [3.8, 4) is 22.7 Å². The Hall–Kier alpha value is -4.46. The second-order valence-corrected chi connectivity index (χ2v) is 8.26. The number of anilines is 1. The number of benzene rings is 3. The van der Waals surface area contributed by atoms with Crippen molar-refractivity contribution in [1.29, 1.82) is 0 Å². The van der Waals surface area contributed by atoms with Crippen LogP contribution in [-0.2, 0) is 11.2 Å². The van der Waals surface area contributed by atoms with E-state index in [1.165, 1.54) is 21.7 Å². The molecule has 0 spiro atoms. The van der Waals surface area contributed by atoms with Gasteiger partial charge in [0.2, 0.25) is 5.91 Å². The summed E-state index contributed by atoms with van der Waals surface area (Å²) < 4.78 is 20.3. The molecule has 1 aromatic heterocycles. The number of hydrogen-bond acceptors (Lipinski definition) is 4. The number of nitrogens with one attached hydrogen (secondary N) is 1. The first-order valence-electron chi connectivity index (χ1n) is 11.5. The van der Waals surface area contributed by atoms with Gasteiger partial charge >= 0.3 is 0 Å². The topological polar surface area (TPSA) is 76.5 Å². The standard InChI is InChI=1S/C28H27FN4O3/c1-4-19-8-5-6-11-25(19)30-26(34)18-32(2)28(35)24-17-33(22-14-12-21(29)13-15-22)31-27(24)20-9-7-10-23(16-20)36-3/h5-17H,4,18H2,1-3H3,(H,30,34). The van der Waals surface area contributed by atoms with Gasteiger partial charge in [0.25, 0.3) is 5.91 Å². The highest BCUT2D eigenvalue weighted by molar-refractivity contribution is 6.02. The molecule has 7 nitrogen and oxygen atoms in total. The fraction of sp³-hybridized carbons (Fsp3) is 0.179. The van der Waals surface area contributed by atoms with Crippen LogP contribution < -0.4 is 10.1 Å². The zero-order valence-corrected chi connectivity index (χ0v) is 20.4. The average Bonchev–Trinajstić information content (AvgIpc) is 3.34. The van der Waals surface area contributed by atoms with Crippen LogP contribution >= 0.6 is 0 Å². The first-order valence-corrected chi connectivity index (χ1v) is 11.5. The highest BCUT2D eigenvalue weighted by Crippen LogP contribution is 2.28. The third-order valence-corrected chi connectivity index (χ3v) is 5.78. The number of aromatic nitrogens is 2. The number of halogens is 1. The highest BCUT2D eigenvalue weighted by atomic mass is 19.1. The molecule has 4 aromatic rings. The number of nitrogens with zero attached hydrogens (tertiary/aromatic N) is 3. The molecule has 8 heteroatoms. The van der Waals surface area contributed by atoms with Crippen molar-refractivity contribution in [2.75, 3.05) is 26.0 Å². The molecule has 3 aromatic carbocycles. The maximum atomic E-state index is 13.5.